The highest BCUT2D eigenvalue weighted by Crippen LogP contribution is 2.31. The molecule has 1 heterocycles. The Hall–Kier alpha value is -0.0800. The maximum Gasteiger partial charge on any atom is 0.00224 e. The first-order chi connectivity index (χ1) is 8.63. The fourth-order valence-corrected chi connectivity index (χ4v) is 3.68. The maximum atomic E-state index is 3.62. The summed E-state index contributed by atoms with van der Waals surface area (Å²) in [7, 11) is 0. The van der Waals surface area contributed by atoms with E-state index in [4.69, 9.17) is 0 Å². The first-order valence-electron chi connectivity index (χ1n) is 8.06. The molecule has 18 heavy (non-hydrogen) atoms. The van der Waals surface area contributed by atoms with Crippen molar-refractivity contribution >= 4 is 0 Å². The molecule has 2 heteroatoms. The van der Waals surface area contributed by atoms with Crippen LogP contribution in [0.4, 0.5) is 0 Å². The van der Waals surface area contributed by atoms with Crippen molar-refractivity contribution < 1.29 is 0 Å². The van der Waals surface area contributed by atoms with Crippen molar-refractivity contribution in [1.82, 2.24) is 10.2 Å². The zero-order valence-corrected chi connectivity index (χ0v) is 12.6. The minimum Gasteiger partial charge on any atom is -0.316 e. The fourth-order valence-electron chi connectivity index (χ4n) is 3.68. The molecule has 0 aromatic heterocycles. The van der Waals surface area contributed by atoms with Crippen molar-refractivity contribution in [3.05, 3.63) is 0 Å². The number of hydrogen-bond acceptors (Lipinski definition) is 2. The normalized spacial score (nSPS) is 33.7. The molecule has 106 valence electrons. The van der Waals surface area contributed by atoms with Crippen LogP contribution in [0, 0.1) is 23.7 Å². The molecular formula is C16H32N2. The molecule has 1 saturated heterocycles. The van der Waals surface area contributed by atoms with Gasteiger partial charge in [-0.1, -0.05) is 27.2 Å². The molecule has 0 amide bonds. The van der Waals surface area contributed by atoms with Gasteiger partial charge < -0.3 is 10.2 Å². The van der Waals surface area contributed by atoms with Crippen molar-refractivity contribution in [2.45, 2.75) is 46.5 Å². The third-order valence-electron chi connectivity index (χ3n) is 4.68. The second-order valence-electron chi connectivity index (χ2n) is 7.25. The Balaban J connectivity index is 1.59. The van der Waals surface area contributed by atoms with Crippen LogP contribution in [0.15, 0.2) is 0 Å². The summed E-state index contributed by atoms with van der Waals surface area (Å²) in [5.74, 6) is 3.67. The molecule has 1 aliphatic heterocycles. The van der Waals surface area contributed by atoms with Crippen LogP contribution in [0.1, 0.15) is 46.5 Å². The molecule has 1 aliphatic carbocycles. The van der Waals surface area contributed by atoms with Gasteiger partial charge in [0.05, 0.1) is 0 Å². The average molecular weight is 252 g/mol. The van der Waals surface area contributed by atoms with Crippen LogP contribution < -0.4 is 5.32 Å². The predicted octanol–water partition coefficient (Wildman–Crippen LogP) is 2.99. The van der Waals surface area contributed by atoms with Gasteiger partial charge >= 0.3 is 0 Å². The van der Waals surface area contributed by atoms with Crippen molar-refractivity contribution in [3.63, 3.8) is 0 Å². The highest BCUT2D eigenvalue weighted by atomic mass is 15.2. The lowest BCUT2D eigenvalue weighted by Crippen LogP contribution is -2.30. The lowest BCUT2D eigenvalue weighted by Gasteiger charge is -2.20. The minimum atomic E-state index is 0.780. The zero-order chi connectivity index (χ0) is 13.0. The van der Waals surface area contributed by atoms with Crippen LogP contribution in [0.5, 0.6) is 0 Å². The molecule has 0 aromatic carbocycles. The SMILES string of the molecule is CC(C)CNCC1CCN(CC2CCC(C)C2)C1. The lowest BCUT2D eigenvalue weighted by atomic mass is 10.1. The molecule has 0 aromatic rings. The molecule has 2 aliphatic rings. The fraction of sp³-hybridized carbons (Fsp3) is 1.00. The second kappa shape index (κ2) is 6.91. The predicted molar refractivity (Wildman–Crippen MR) is 78.8 cm³/mol. The highest BCUT2D eigenvalue weighted by molar-refractivity contribution is 4.81. The first-order valence-corrected chi connectivity index (χ1v) is 8.06. The largest absolute Gasteiger partial charge is 0.316 e. The van der Waals surface area contributed by atoms with Crippen LogP contribution >= 0.6 is 0 Å². The zero-order valence-electron chi connectivity index (χ0n) is 12.6. The molecular weight excluding hydrogens is 220 g/mol. The van der Waals surface area contributed by atoms with E-state index in [1.54, 1.807) is 0 Å². The molecule has 2 nitrogen and oxygen atoms in total. The first kappa shape index (κ1) is 14.3. The lowest BCUT2D eigenvalue weighted by molar-refractivity contribution is 0.266. The molecule has 0 bridgehead atoms. The van der Waals surface area contributed by atoms with E-state index in [-0.39, 0.29) is 0 Å². The van der Waals surface area contributed by atoms with E-state index >= 15 is 0 Å². The van der Waals surface area contributed by atoms with Crippen molar-refractivity contribution in [3.8, 4) is 0 Å². The van der Waals surface area contributed by atoms with E-state index in [1.807, 2.05) is 0 Å². The van der Waals surface area contributed by atoms with Gasteiger partial charge in [0.25, 0.3) is 0 Å². The Kier molecular flexibility index (Phi) is 5.50. The molecule has 0 radical (unpaired) electrons. The van der Waals surface area contributed by atoms with Gasteiger partial charge in [0, 0.05) is 13.1 Å². The molecule has 2 rings (SSSR count). The summed E-state index contributed by atoms with van der Waals surface area (Å²) < 4.78 is 0. The summed E-state index contributed by atoms with van der Waals surface area (Å²) in [6.07, 6.45) is 5.84. The van der Waals surface area contributed by atoms with E-state index in [0.717, 1.165) is 23.7 Å². The van der Waals surface area contributed by atoms with Gasteiger partial charge in [-0.3, -0.25) is 0 Å². The summed E-state index contributed by atoms with van der Waals surface area (Å²) in [6.45, 7) is 13.5. The van der Waals surface area contributed by atoms with Gasteiger partial charge in [-0.05, 0) is 62.6 Å². The Morgan fingerprint density at radius 3 is 2.67 bits per heavy atom. The third kappa shape index (κ3) is 4.55. The second-order valence-corrected chi connectivity index (χ2v) is 7.25. The number of nitrogens with one attached hydrogen (secondary N) is 1. The monoisotopic (exact) mass is 252 g/mol. The highest BCUT2D eigenvalue weighted by Gasteiger charge is 2.27. The minimum absolute atomic E-state index is 0.780. The smallest absolute Gasteiger partial charge is 0.00224 e. The van der Waals surface area contributed by atoms with Gasteiger partial charge in [-0.2, -0.15) is 0 Å². The van der Waals surface area contributed by atoms with Crippen LogP contribution in [-0.2, 0) is 0 Å². The molecule has 1 N–H and O–H groups in total. The van der Waals surface area contributed by atoms with Gasteiger partial charge in [-0.15, -0.1) is 0 Å². The van der Waals surface area contributed by atoms with E-state index in [2.05, 4.69) is 31.0 Å². The Morgan fingerprint density at radius 1 is 1.17 bits per heavy atom. The van der Waals surface area contributed by atoms with Gasteiger partial charge in [0.15, 0.2) is 0 Å². The Morgan fingerprint density at radius 2 is 2.00 bits per heavy atom. The molecule has 0 spiro atoms. The summed E-state index contributed by atoms with van der Waals surface area (Å²) >= 11 is 0. The molecule has 1 saturated carbocycles. The van der Waals surface area contributed by atoms with Crippen molar-refractivity contribution in [1.29, 1.82) is 0 Å². The van der Waals surface area contributed by atoms with Crippen LogP contribution in [0.2, 0.25) is 0 Å². The van der Waals surface area contributed by atoms with Crippen LogP contribution in [-0.4, -0.2) is 37.6 Å². The number of likely N-dealkylation sites (tertiary alicyclic amines) is 1. The molecule has 3 unspecified atom stereocenters. The third-order valence-corrected chi connectivity index (χ3v) is 4.68. The van der Waals surface area contributed by atoms with Gasteiger partial charge in [0.1, 0.15) is 0 Å². The van der Waals surface area contributed by atoms with E-state index < -0.39 is 0 Å². The van der Waals surface area contributed by atoms with E-state index in [9.17, 15) is 0 Å². The number of nitrogens with zero attached hydrogens (tertiary/aromatic N) is 1. The van der Waals surface area contributed by atoms with E-state index in [1.165, 1.54) is 58.4 Å². The van der Waals surface area contributed by atoms with Crippen molar-refractivity contribution in [2.75, 3.05) is 32.7 Å². The summed E-state index contributed by atoms with van der Waals surface area (Å²) in [4.78, 5) is 2.73. The number of hydrogen-bond donors (Lipinski definition) is 1. The van der Waals surface area contributed by atoms with Crippen LogP contribution in [0.3, 0.4) is 0 Å². The van der Waals surface area contributed by atoms with Crippen LogP contribution in [0.25, 0.3) is 0 Å². The topological polar surface area (TPSA) is 15.3 Å². The maximum absolute atomic E-state index is 3.62. The summed E-state index contributed by atoms with van der Waals surface area (Å²) in [5.41, 5.74) is 0. The van der Waals surface area contributed by atoms with Crippen molar-refractivity contribution in [2.24, 2.45) is 23.7 Å². The Labute approximate surface area is 114 Å². The quantitative estimate of drug-likeness (QED) is 0.782. The summed E-state index contributed by atoms with van der Waals surface area (Å²) in [6, 6.07) is 0. The average Bonchev–Trinajstić information content (AvgIpc) is 2.89. The number of rotatable bonds is 6. The standard InChI is InChI=1S/C16H32N2/c1-13(2)9-17-10-16-6-7-18(12-16)11-15-5-4-14(3)8-15/h13-17H,4-12H2,1-3H3. The van der Waals surface area contributed by atoms with E-state index in [0.29, 0.717) is 0 Å². The molecule has 3 atom stereocenters. The molecule has 2 fully saturated rings. The Bertz CT molecular complexity index is 239. The van der Waals surface area contributed by atoms with Gasteiger partial charge in [0.2, 0.25) is 0 Å². The van der Waals surface area contributed by atoms with Gasteiger partial charge in [-0.25, -0.2) is 0 Å². The summed E-state index contributed by atoms with van der Waals surface area (Å²) in [5, 5.41) is 3.62.